The fourth-order valence-corrected chi connectivity index (χ4v) is 2.32. The molecule has 0 aliphatic rings. The summed E-state index contributed by atoms with van der Waals surface area (Å²) in [5, 5.41) is 21.3. The lowest BCUT2D eigenvalue weighted by Gasteiger charge is -2.16. The van der Waals surface area contributed by atoms with E-state index in [-0.39, 0.29) is 18.2 Å². The summed E-state index contributed by atoms with van der Waals surface area (Å²) in [4.78, 5) is 35.1. The first-order valence-electron chi connectivity index (χ1n) is 7.62. The van der Waals surface area contributed by atoms with Crippen LogP contribution in [0.4, 0.5) is 0 Å². The number of aliphatic carboxylic acids is 1. The molecule has 0 fully saturated rings. The van der Waals surface area contributed by atoms with Crippen LogP contribution in [-0.2, 0) is 9.59 Å². The second-order valence-corrected chi connectivity index (χ2v) is 5.89. The molecule has 0 aliphatic carbocycles. The van der Waals surface area contributed by atoms with Gasteiger partial charge in [0.05, 0.1) is 12.1 Å². The number of aromatic amines is 1. The summed E-state index contributed by atoms with van der Waals surface area (Å²) in [6.45, 7) is 3.42. The van der Waals surface area contributed by atoms with Crippen molar-refractivity contribution in [2.45, 2.75) is 26.3 Å². The number of carbonyl (C=O) groups is 3. The van der Waals surface area contributed by atoms with Gasteiger partial charge in [-0.05, 0) is 18.4 Å². The van der Waals surface area contributed by atoms with Crippen LogP contribution in [0.3, 0.4) is 0 Å². The average Bonchev–Trinajstić information content (AvgIpc) is 2.95. The molecule has 24 heavy (non-hydrogen) atoms. The van der Waals surface area contributed by atoms with Crippen molar-refractivity contribution in [3.05, 3.63) is 30.0 Å². The number of aromatic nitrogens is 2. The third kappa shape index (κ3) is 4.31. The van der Waals surface area contributed by atoms with Crippen LogP contribution in [0.5, 0.6) is 0 Å². The van der Waals surface area contributed by atoms with Crippen molar-refractivity contribution in [3.8, 4) is 0 Å². The standard InChI is InChI=1S/C16H20N4O4/c1-9(2)7-12(16(23)24)18-13(21)8-17-15(22)14-10-5-3-4-6-11(10)19-20-14/h3-6,9,12H,7-8H2,1-2H3,(H,17,22)(H,18,21)(H,19,20)(H,23,24)/t12-/m0/s1. The van der Waals surface area contributed by atoms with Gasteiger partial charge in [-0.15, -0.1) is 0 Å². The van der Waals surface area contributed by atoms with E-state index in [1.54, 1.807) is 18.2 Å². The summed E-state index contributed by atoms with van der Waals surface area (Å²) < 4.78 is 0. The Kier molecular flexibility index (Phi) is 5.51. The number of carboxylic acid groups (broad SMARTS) is 1. The van der Waals surface area contributed by atoms with Crippen molar-refractivity contribution < 1.29 is 19.5 Å². The first-order chi connectivity index (χ1) is 11.4. The number of hydrogen-bond acceptors (Lipinski definition) is 4. The predicted molar refractivity (Wildman–Crippen MR) is 87.4 cm³/mol. The van der Waals surface area contributed by atoms with E-state index in [4.69, 9.17) is 5.11 Å². The van der Waals surface area contributed by atoms with E-state index in [1.807, 2.05) is 19.9 Å². The van der Waals surface area contributed by atoms with Gasteiger partial charge in [-0.3, -0.25) is 14.7 Å². The molecule has 0 aliphatic heterocycles. The molecule has 0 unspecified atom stereocenters. The highest BCUT2D eigenvalue weighted by Crippen LogP contribution is 2.14. The fourth-order valence-electron chi connectivity index (χ4n) is 2.32. The van der Waals surface area contributed by atoms with Gasteiger partial charge in [0.2, 0.25) is 5.91 Å². The number of hydrogen-bond donors (Lipinski definition) is 4. The second kappa shape index (κ2) is 7.58. The van der Waals surface area contributed by atoms with Gasteiger partial charge in [0.1, 0.15) is 6.04 Å². The molecule has 1 atom stereocenters. The lowest BCUT2D eigenvalue weighted by atomic mass is 10.0. The molecule has 0 saturated heterocycles. The average molecular weight is 332 g/mol. The predicted octanol–water partition coefficient (Wildman–Crippen LogP) is 0.908. The number of benzene rings is 1. The van der Waals surface area contributed by atoms with E-state index in [0.717, 1.165) is 5.52 Å². The monoisotopic (exact) mass is 332 g/mol. The van der Waals surface area contributed by atoms with Gasteiger partial charge in [-0.25, -0.2) is 4.79 Å². The first-order valence-corrected chi connectivity index (χ1v) is 7.62. The fraction of sp³-hybridized carbons (Fsp3) is 0.375. The molecule has 4 N–H and O–H groups in total. The minimum absolute atomic E-state index is 0.122. The van der Waals surface area contributed by atoms with E-state index in [0.29, 0.717) is 11.8 Å². The van der Waals surface area contributed by atoms with Crippen LogP contribution in [0.1, 0.15) is 30.8 Å². The minimum Gasteiger partial charge on any atom is -0.480 e. The molecule has 0 bridgehead atoms. The molecule has 8 heteroatoms. The summed E-state index contributed by atoms with van der Waals surface area (Å²) in [5.41, 5.74) is 0.908. The van der Waals surface area contributed by atoms with Crippen LogP contribution in [0.15, 0.2) is 24.3 Å². The van der Waals surface area contributed by atoms with E-state index < -0.39 is 23.8 Å². The molecular weight excluding hydrogens is 312 g/mol. The topological polar surface area (TPSA) is 124 Å². The molecule has 0 spiro atoms. The van der Waals surface area contributed by atoms with Gasteiger partial charge in [-0.1, -0.05) is 32.0 Å². The van der Waals surface area contributed by atoms with Crippen molar-refractivity contribution in [3.63, 3.8) is 0 Å². The van der Waals surface area contributed by atoms with Crippen LogP contribution in [-0.4, -0.2) is 45.7 Å². The Morgan fingerprint density at radius 1 is 1.25 bits per heavy atom. The molecule has 0 radical (unpaired) electrons. The maximum atomic E-state index is 12.1. The highest BCUT2D eigenvalue weighted by molar-refractivity contribution is 6.05. The number of nitrogens with zero attached hydrogens (tertiary/aromatic N) is 1. The van der Waals surface area contributed by atoms with Crippen LogP contribution in [0, 0.1) is 5.92 Å². The Morgan fingerprint density at radius 3 is 2.62 bits per heavy atom. The third-order valence-electron chi connectivity index (χ3n) is 3.44. The van der Waals surface area contributed by atoms with E-state index in [9.17, 15) is 14.4 Å². The maximum absolute atomic E-state index is 12.1. The molecule has 0 saturated carbocycles. The zero-order chi connectivity index (χ0) is 17.7. The van der Waals surface area contributed by atoms with Crippen molar-refractivity contribution >= 4 is 28.7 Å². The smallest absolute Gasteiger partial charge is 0.326 e. The Labute approximate surface area is 138 Å². The Morgan fingerprint density at radius 2 is 1.96 bits per heavy atom. The molecule has 8 nitrogen and oxygen atoms in total. The summed E-state index contributed by atoms with van der Waals surface area (Å²) in [6.07, 6.45) is 0.318. The van der Waals surface area contributed by atoms with Crippen LogP contribution >= 0.6 is 0 Å². The van der Waals surface area contributed by atoms with E-state index in [1.165, 1.54) is 0 Å². The number of rotatable bonds is 7. The Bertz CT molecular complexity index is 753. The SMILES string of the molecule is CC(C)C[C@H](NC(=O)CNC(=O)c1n[nH]c2ccccc12)C(=O)O. The highest BCUT2D eigenvalue weighted by Gasteiger charge is 2.21. The van der Waals surface area contributed by atoms with Gasteiger partial charge < -0.3 is 15.7 Å². The first kappa shape index (κ1) is 17.5. The van der Waals surface area contributed by atoms with Crippen molar-refractivity contribution in [1.29, 1.82) is 0 Å². The van der Waals surface area contributed by atoms with Gasteiger partial charge >= 0.3 is 5.97 Å². The number of fused-ring (bicyclic) bond motifs is 1. The third-order valence-corrected chi connectivity index (χ3v) is 3.44. The van der Waals surface area contributed by atoms with Crippen LogP contribution in [0.25, 0.3) is 10.9 Å². The summed E-state index contributed by atoms with van der Waals surface area (Å²) in [7, 11) is 0. The zero-order valence-electron chi connectivity index (χ0n) is 13.5. The Hall–Kier alpha value is -2.90. The highest BCUT2D eigenvalue weighted by atomic mass is 16.4. The summed E-state index contributed by atoms with van der Waals surface area (Å²) in [6, 6.07) is 6.16. The van der Waals surface area contributed by atoms with Gasteiger partial charge in [-0.2, -0.15) is 5.10 Å². The number of H-pyrrole nitrogens is 1. The second-order valence-electron chi connectivity index (χ2n) is 5.89. The molecule has 2 amide bonds. The van der Waals surface area contributed by atoms with Gasteiger partial charge in [0.15, 0.2) is 5.69 Å². The molecule has 128 valence electrons. The van der Waals surface area contributed by atoms with Gasteiger partial charge in [0.25, 0.3) is 5.91 Å². The number of para-hydroxylation sites is 1. The van der Waals surface area contributed by atoms with Crippen LogP contribution in [0.2, 0.25) is 0 Å². The molecular formula is C16H20N4O4. The Balaban J connectivity index is 1.93. The lowest BCUT2D eigenvalue weighted by Crippen LogP contribution is -2.46. The van der Waals surface area contributed by atoms with Gasteiger partial charge in [0, 0.05) is 5.39 Å². The number of carbonyl (C=O) groups excluding carboxylic acids is 2. The van der Waals surface area contributed by atoms with Crippen LogP contribution < -0.4 is 10.6 Å². The van der Waals surface area contributed by atoms with Crippen molar-refractivity contribution in [1.82, 2.24) is 20.8 Å². The molecule has 1 aromatic carbocycles. The molecule has 2 aromatic rings. The quantitative estimate of drug-likeness (QED) is 0.600. The summed E-state index contributed by atoms with van der Waals surface area (Å²) >= 11 is 0. The van der Waals surface area contributed by atoms with E-state index in [2.05, 4.69) is 20.8 Å². The molecule has 1 aromatic heterocycles. The normalized spacial score (nSPS) is 12.1. The molecule has 2 rings (SSSR count). The van der Waals surface area contributed by atoms with Crippen molar-refractivity contribution in [2.75, 3.05) is 6.54 Å². The lowest BCUT2D eigenvalue weighted by molar-refractivity contribution is -0.142. The minimum atomic E-state index is -1.10. The number of carboxylic acids is 1. The largest absolute Gasteiger partial charge is 0.480 e. The van der Waals surface area contributed by atoms with Crippen molar-refractivity contribution in [2.24, 2.45) is 5.92 Å². The van der Waals surface area contributed by atoms with E-state index >= 15 is 0 Å². The maximum Gasteiger partial charge on any atom is 0.326 e. The number of nitrogens with one attached hydrogen (secondary N) is 3. The number of amides is 2. The zero-order valence-corrected chi connectivity index (χ0v) is 13.5. The summed E-state index contributed by atoms with van der Waals surface area (Å²) in [5.74, 6) is -2.03. The molecule has 1 heterocycles.